The third kappa shape index (κ3) is 1.43. The fourth-order valence-corrected chi connectivity index (χ4v) is 1.22. The molecule has 3 N–H and O–H groups in total. The predicted molar refractivity (Wildman–Crippen MR) is 37.0 cm³/mol. The van der Waals surface area contributed by atoms with Crippen molar-refractivity contribution in [3.05, 3.63) is 0 Å². The predicted octanol–water partition coefficient (Wildman–Crippen LogP) is 0.495. The Labute approximate surface area is 56.1 Å². The molecule has 0 heterocycles. The van der Waals surface area contributed by atoms with Crippen molar-refractivity contribution in [3.63, 3.8) is 0 Å². The first-order valence-corrected chi connectivity index (χ1v) is 3.65. The van der Waals surface area contributed by atoms with Crippen molar-refractivity contribution in [2.45, 2.75) is 38.3 Å². The molecule has 0 bridgehead atoms. The van der Waals surface area contributed by atoms with Gasteiger partial charge in [-0.2, -0.15) is 0 Å². The summed E-state index contributed by atoms with van der Waals surface area (Å²) >= 11 is 0. The van der Waals surface area contributed by atoms with Crippen LogP contribution >= 0.6 is 0 Å². The third-order valence-corrected chi connectivity index (χ3v) is 2.25. The molecule has 9 heavy (non-hydrogen) atoms. The summed E-state index contributed by atoms with van der Waals surface area (Å²) in [5.74, 6) is 0.602. The highest BCUT2D eigenvalue weighted by Gasteiger charge is 2.26. The van der Waals surface area contributed by atoms with E-state index >= 15 is 0 Å². The highest BCUT2D eigenvalue weighted by atomic mass is 16.3. The van der Waals surface area contributed by atoms with Crippen LogP contribution < -0.4 is 5.73 Å². The second-order valence-electron chi connectivity index (χ2n) is 3.01. The minimum atomic E-state index is -0.324. The SMILES string of the molecule is C[C@@H](O)[C@@H](N)C1CCC1. The fourth-order valence-electron chi connectivity index (χ4n) is 1.22. The first kappa shape index (κ1) is 7.03. The Balaban J connectivity index is 2.23. The van der Waals surface area contributed by atoms with Crippen LogP contribution in [-0.2, 0) is 0 Å². The highest BCUT2D eigenvalue weighted by Crippen LogP contribution is 2.29. The van der Waals surface area contributed by atoms with Crippen LogP contribution in [0.5, 0.6) is 0 Å². The number of hydrogen-bond acceptors (Lipinski definition) is 2. The van der Waals surface area contributed by atoms with Gasteiger partial charge in [-0.3, -0.25) is 0 Å². The Bertz CT molecular complexity index is 88.9. The lowest BCUT2D eigenvalue weighted by molar-refractivity contribution is 0.104. The van der Waals surface area contributed by atoms with Crippen molar-refractivity contribution < 1.29 is 5.11 Å². The molecule has 0 aromatic heterocycles. The van der Waals surface area contributed by atoms with E-state index in [0.717, 1.165) is 0 Å². The Morgan fingerprint density at radius 1 is 1.56 bits per heavy atom. The number of nitrogens with two attached hydrogens (primary N) is 1. The van der Waals surface area contributed by atoms with Crippen molar-refractivity contribution >= 4 is 0 Å². The molecule has 0 saturated heterocycles. The van der Waals surface area contributed by atoms with Gasteiger partial charge in [-0.1, -0.05) is 6.42 Å². The molecule has 2 nitrogen and oxygen atoms in total. The van der Waals surface area contributed by atoms with Crippen molar-refractivity contribution in [1.82, 2.24) is 0 Å². The number of hydrogen-bond donors (Lipinski definition) is 2. The summed E-state index contributed by atoms with van der Waals surface area (Å²) in [6.45, 7) is 1.77. The monoisotopic (exact) mass is 129 g/mol. The quantitative estimate of drug-likeness (QED) is 0.570. The second kappa shape index (κ2) is 2.67. The van der Waals surface area contributed by atoms with E-state index in [-0.39, 0.29) is 12.1 Å². The second-order valence-corrected chi connectivity index (χ2v) is 3.01. The summed E-state index contributed by atoms with van der Waals surface area (Å²) in [6.07, 6.45) is 3.40. The molecule has 1 aliphatic rings. The van der Waals surface area contributed by atoms with E-state index < -0.39 is 0 Å². The van der Waals surface area contributed by atoms with Crippen molar-refractivity contribution in [1.29, 1.82) is 0 Å². The molecule has 54 valence electrons. The largest absolute Gasteiger partial charge is 0.392 e. The summed E-state index contributed by atoms with van der Waals surface area (Å²) in [5.41, 5.74) is 5.67. The van der Waals surface area contributed by atoms with Crippen LogP contribution in [0.25, 0.3) is 0 Å². The average molecular weight is 129 g/mol. The molecular formula is C7H15NO. The molecule has 1 fully saturated rings. The van der Waals surface area contributed by atoms with Crippen LogP contribution in [0.4, 0.5) is 0 Å². The van der Waals surface area contributed by atoms with Crippen molar-refractivity contribution in [2.75, 3.05) is 0 Å². The van der Waals surface area contributed by atoms with E-state index in [1.807, 2.05) is 0 Å². The molecule has 2 atom stereocenters. The molecule has 0 amide bonds. The van der Waals surface area contributed by atoms with Crippen LogP contribution in [0.15, 0.2) is 0 Å². The zero-order valence-corrected chi connectivity index (χ0v) is 5.88. The lowest BCUT2D eigenvalue weighted by atomic mass is 9.78. The number of aliphatic hydroxyl groups is 1. The molecule has 2 heteroatoms. The van der Waals surface area contributed by atoms with E-state index in [4.69, 9.17) is 10.8 Å². The Hall–Kier alpha value is -0.0800. The van der Waals surface area contributed by atoms with Gasteiger partial charge >= 0.3 is 0 Å². The lowest BCUT2D eigenvalue weighted by Gasteiger charge is -2.32. The molecule has 0 spiro atoms. The fraction of sp³-hybridized carbons (Fsp3) is 1.00. The van der Waals surface area contributed by atoms with E-state index in [0.29, 0.717) is 5.92 Å². The third-order valence-electron chi connectivity index (χ3n) is 2.25. The summed E-state index contributed by atoms with van der Waals surface area (Å²) in [6, 6.07) is 0.0266. The van der Waals surface area contributed by atoms with Gasteiger partial charge in [0.1, 0.15) is 0 Å². The summed E-state index contributed by atoms with van der Waals surface area (Å²) < 4.78 is 0. The van der Waals surface area contributed by atoms with Gasteiger partial charge in [-0.15, -0.1) is 0 Å². The molecule has 0 unspecified atom stereocenters. The Morgan fingerprint density at radius 3 is 2.22 bits per heavy atom. The lowest BCUT2D eigenvalue weighted by Crippen LogP contribution is -2.42. The van der Waals surface area contributed by atoms with Gasteiger partial charge < -0.3 is 10.8 Å². The van der Waals surface area contributed by atoms with Gasteiger partial charge in [0.25, 0.3) is 0 Å². The van der Waals surface area contributed by atoms with Gasteiger partial charge in [0.15, 0.2) is 0 Å². The van der Waals surface area contributed by atoms with E-state index in [1.54, 1.807) is 6.92 Å². The average Bonchev–Trinajstić information content (AvgIpc) is 1.60. The first-order chi connectivity index (χ1) is 4.22. The first-order valence-electron chi connectivity index (χ1n) is 3.65. The van der Waals surface area contributed by atoms with Gasteiger partial charge in [0, 0.05) is 6.04 Å². The molecule has 0 aliphatic heterocycles. The highest BCUT2D eigenvalue weighted by molar-refractivity contribution is 4.82. The number of rotatable bonds is 2. The maximum absolute atomic E-state index is 9.03. The topological polar surface area (TPSA) is 46.2 Å². The van der Waals surface area contributed by atoms with Gasteiger partial charge in [0.05, 0.1) is 6.10 Å². The summed E-state index contributed by atoms with van der Waals surface area (Å²) in [5, 5.41) is 9.03. The standard InChI is InChI=1S/C7H15NO/c1-5(9)7(8)6-3-2-4-6/h5-7,9H,2-4,8H2,1H3/t5-,7-/m1/s1. The normalized spacial score (nSPS) is 27.0. The smallest absolute Gasteiger partial charge is 0.0665 e. The van der Waals surface area contributed by atoms with Crippen LogP contribution in [0.2, 0.25) is 0 Å². The van der Waals surface area contributed by atoms with Crippen molar-refractivity contribution in [2.24, 2.45) is 11.7 Å². The maximum atomic E-state index is 9.03. The van der Waals surface area contributed by atoms with Gasteiger partial charge in [0.2, 0.25) is 0 Å². The molecule has 0 aromatic carbocycles. The van der Waals surface area contributed by atoms with Gasteiger partial charge in [-0.05, 0) is 25.7 Å². The summed E-state index contributed by atoms with van der Waals surface area (Å²) in [7, 11) is 0. The molecular weight excluding hydrogens is 114 g/mol. The molecule has 0 radical (unpaired) electrons. The van der Waals surface area contributed by atoms with Crippen LogP contribution in [0, 0.1) is 5.92 Å². The van der Waals surface area contributed by atoms with Crippen LogP contribution in [0.1, 0.15) is 26.2 Å². The zero-order chi connectivity index (χ0) is 6.85. The summed E-state index contributed by atoms with van der Waals surface area (Å²) in [4.78, 5) is 0. The molecule has 1 aliphatic carbocycles. The van der Waals surface area contributed by atoms with E-state index in [2.05, 4.69) is 0 Å². The zero-order valence-electron chi connectivity index (χ0n) is 5.88. The van der Waals surface area contributed by atoms with Crippen LogP contribution in [0.3, 0.4) is 0 Å². The molecule has 0 aromatic rings. The van der Waals surface area contributed by atoms with Crippen molar-refractivity contribution in [3.8, 4) is 0 Å². The number of aliphatic hydroxyl groups excluding tert-OH is 1. The molecule has 1 saturated carbocycles. The molecule has 1 rings (SSSR count). The van der Waals surface area contributed by atoms with E-state index in [1.165, 1.54) is 19.3 Å². The Morgan fingerprint density at radius 2 is 2.11 bits per heavy atom. The van der Waals surface area contributed by atoms with E-state index in [9.17, 15) is 0 Å². The maximum Gasteiger partial charge on any atom is 0.0665 e. The van der Waals surface area contributed by atoms with Gasteiger partial charge in [-0.25, -0.2) is 0 Å². The minimum absolute atomic E-state index is 0.0266. The van der Waals surface area contributed by atoms with Crippen LogP contribution in [-0.4, -0.2) is 17.3 Å². The minimum Gasteiger partial charge on any atom is -0.392 e. The Kier molecular flexibility index (Phi) is 2.09.